The van der Waals surface area contributed by atoms with Crippen molar-refractivity contribution in [3.05, 3.63) is 82.9 Å². The number of nitrogens with zero attached hydrogens (tertiary/aromatic N) is 1. The molecular formula is C20H17ClN2O. The second-order valence-corrected chi connectivity index (χ2v) is 5.89. The molecule has 3 nitrogen and oxygen atoms in total. The average Bonchev–Trinajstić information content (AvgIpc) is 2.60. The van der Waals surface area contributed by atoms with Crippen LogP contribution in [0.15, 0.2) is 72.3 Å². The van der Waals surface area contributed by atoms with Crippen LogP contribution in [-0.4, -0.2) is 16.6 Å². The van der Waals surface area contributed by atoms with Crippen LogP contribution in [0, 0.1) is 5.41 Å². The Balaban J connectivity index is 2.03. The molecule has 1 heterocycles. The predicted molar refractivity (Wildman–Crippen MR) is 98.1 cm³/mol. The third-order valence-electron chi connectivity index (χ3n) is 4.05. The number of carbonyl (C=O) groups is 1. The third-order valence-corrected chi connectivity index (χ3v) is 4.40. The van der Waals surface area contributed by atoms with Crippen molar-refractivity contribution in [3.63, 3.8) is 0 Å². The summed E-state index contributed by atoms with van der Waals surface area (Å²) in [5, 5.41) is 8.86. The van der Waals surface area contributed by atoms with E-state index in [4.69, 9.17) is 17.0 Å². The molecule has 2 aromatic rings. The first-order valence-electron chi connectivity index (χ1n) is 7.69. The fourth-order valence-electron chi connectivity index (χ4n) is 2.75. The maximum Gasteiger partial charge on any atom is 0.252 e. The summed E-state index contributed by atoms with van der Waals surface area (Å²) in [4.78, 5) is 13.7. The summed E-state index contributed by atoms with van der Waals surface area (Å²) in [6.07, 6.45) is 4.99. The van der Waals surface area contributed by atoms with Crippen molar-refractivity contribution in [2.45, 2.75) is 13.5 Å². The number of carbonyl (C=O) groups excluding carboxylic acids is 1. The van der Waals surface area contributed by atoms with E-state index in [1.807, 2.05) is 61.5 Å². The van der Waals surface area contributed by atoms with Crippen LogP contribution in [0.2, 0.25) is 5.02 Å². The average molecular weight is 337 g/mol. The molecule has 1 aliphatic rings. The van der Waals surface area contributed by atoms with Gasteiger partial charge < -0.3 is 0 Å². The van der Waals surface area contributed by atoms with Gasteiger partial charge >= 0.3 is 0 Å². The summed E-state index contributed by atoms with van der Waals surface area (Å²) >= 11 is 6.42. The van der Waals surface area contributed by atoms with Crippen molar-refractivity contribution in [3.8, 4) is 11.1 Å². The van der Waals surface area contributed by atoms with E-state index in [0.29, 0.717) is 5.02 Å². The molecule has 4 heteroatoms. The van der Waals surface area contributed by atoms with Gasteiger partial charge in [0.15, 0.2) is 0 Å². The summed E-state index contributed by atoms with van der Waals surface area (Å²) in [7, 11) is 0. The molecule has 0 fully saturated rings. The zero-order valence-corrected chi connectivity index (χ0v) is 14.0. The first kappa shape index (κ1) is 16.2. The van der Waals surface area contributed by atoms with E-state index in [-0.39, 0.29) is 18.3 Å². The molecule has 1 amide bonds. The van der Waals surface area contributed by atoms with Gasteiger partial charge in [0.1, 0.15) is 5.84 Å². The summed E-state index contributed by atoms with van der Waals surface area (Å²) < 4.78 is 0. The lowest BCUT2D eigenvalue weighted by Crippen LogP contribution is -2.38. The first-order chi connectivity index (χ1) is 11.6. The molecule has 0 unspecified atom stereocenters. The largest absolute Gasteiger partial charge is 0.289 e. The van der Waals surface area contributed by atoms with Gasteiger partial charge in [-0.1, -0.05) is 60.1 Å². The van der Waals surface area contributed by atoms with Gasteiger partial charge in [-0.05, 0) is 35.8 Å². The van der Waals surface area contributed by atoms with Crippen LogP contribution in [0.1, 0.15) is 12.5 Å². The molecule has 0 atom stereocenters. The number of allylic oxidation sites excluding steroid dienone is 1. The van der Waals surface area contributed by atoms with E-state index >= 15 is 0 Å². The maximum atomic E-state index is 12.3. The lowest BCUT2D eigenvalue weighted by molar-refractivity contribution is -0.123. The van der Waals surface area contributed by atoms with Crippen LogP contribution in [0.4, 0.5) is 0 Å². The first-order valence-corrected chi connectivity index (χ1v) is 8.07. The minimum Gasteiger partial charge on any atom is -0.289 e. The van der Waals surface area contributed by atoms with Gasteiger partial charge in [0.25, 0.3) is 5.91 Å². The van der Waals surface area contributed by atoms with Gasteiger partial charge in [0.2, 0.25) is 0 Å². The number of amidine groups is 1. The number of benzene rings is 2. The Kier molecular flexibility index (Phi) is 4.63. The Morgan fingerprint density at radius 3 is 2.54 bits per heavy atom. The minimum atomic E-state index is -0.204. The molecule has 0 aliphatic carbocycles. The third kappa shape index (κ3) is 3.03. The molecule has 0 radical (unpaired) electrons. The second kappa shape index (κ2) is 6.85. The Hall–Kier alpha value is -2.65. The standard InChI is InChI=1S/C20H17ClN2O/c1-2-14-11-12-19(24)23(20(14)22)13-17-16(9-6-10-18(17)21)15-7-4-3-5-8-15/h2-12,22H,13H2,1H3/b14-2-,22-20?. The Labute approximate surface area is 146 Å². The molecule has 1 N–H and O–H groups in total. The molecule has 24 heavy (non-hydrogen) atoms. The highest BCUT2D eigenvalue weighted by Crippen LogP contribution is 2.31. The van der Waals surface area contributed by atoms with Gasteiger partial charge in [-0.25, -0.2) is 0 Å². The van der Waals surface area contributed by atoms with Gasteiger partial charge in [-0.15, -0.1) is 0 Å². The highest BCUT2D eigenvalue weighted by molar-refractivity contribution is 6.31. The van der Waals surface area contributed by atoms with Crippen LogP contribution in [0.5, 0.6) is 0 Å². The minimum absolute atomic E-state index is 0.198. The van der Waals surface area contributed by atoms with Crippen molar-refractivity contribution >= 4 is 23.3 Å². The van der Waals surface area contributed by atoms with Crippen LogP contribution in [0.3, 0.4) is 0 Å². The lowest BCUT2D eigenvalue weighted by Gasteiger charge is -2.27. The number of halogens is 1. The predicted octanol–water partition coefficient (Wildman–Crippen LogP) is 4.83. The Bertz CT molecular complexity index is 853. The van der Waals surface area contributed by atoms with Crippen LogP contribution < -0.4 is 0 Å². The van der Waals surface area contributed by atoms with Crippen molar-refractivity contribution in [2.75, 3.05) is 0 Å². The highest BCUT2D eigenvalue weighted by Gasteiger charge is 2.24. The molecule has 0 bridgehead atoms. The quantitative estimate of drug-likeness (QED) is 0.857. The summed E-state index contributed by atoms with van der Waals surface area (Å²) in [6, 6.07) is 15.6. The van der Waals surface area contributed by atoms with Crippen molar-refractivity contribution in [1.29, 1.82) is 5.41 Å². The van der Waals surface area contributed by atoms with Crippen molar-refractivity contribution in [2.24, 2.45) is 0 Å². The maximum absolute atomic E-state index is 12.3. The molecule has 0 saturated heterocycles. The zero-order chi connectivity index (χ0) is 17.1. The molecule has 0 saturated carbocycles. The number of hydrogen-bond donors (Lipinski definition) is 1. The van der Waals surface area contributed by atoms with Crippen LogP contribution in [0.25, 0.3) is 11.1 Å². The lowest BCUT2D eigenvalue weighted by atomic mass is 9.98. The topological polar surface area (TPSA) is 44.2 Å². The summed E-state index contributed by atoms with van der Waals surface area (Å²) in [5.41, 5.74) is 3.57. The van der Waals surface area contributed by atoms with Gasteiger partial charge in [0.05, 0.1) is 6.54 Å². The second-order valence-electron chi connectivity index (χ2n) is 5.48. The van der Waals surface area contributed by atoms with E-state index in [1.54, 1.807) is 6.08 Å². The normalized spacial score (nSPS) is 16.1. The molecular weight excluding hydrogens is 320 g/mol. The van der Waals surface area contributed by atoms with Crippen LogP contribution >= 0.6 is 11.6 Å². The molecule has 0 spiro atoms. The van der Waals surface area contributed by atoms with E-state index in [1.165, 1.54) is 11.0 Å². The Morgan fingerprint density at radius 1 is 1.08 bits per heavy atom. The monoisotopic (exact) mass is 336 g/mol. The molecule has 3 rings (SSSR count). The van der Waals surface area contributed by atoms with Crippen molar-refractivity contribution in [1.82, 2.24) is 4.90 Å². The molecule has 120 valence electrons. The van der Waals surface area contributed by atoms with Crippen molar-refractivity contribution < 1.29 is 4.79 Å². The van der Waals surface area contributed by atoms with E-state index in [9.17, 15) is 4.79 Å². The summed E-state index contributed by atoms with van der Waals surface area (Å²) in [6.45, 7) is 2.12. The number of hydrogen-bond acceptors (Lipinski definition) is 2. The van der Waals surface area contributed by atoms with Gasteiger partial charge in [-0.3, -0.25) is 15.1 Å². The number of rotatable bonds is 3. The van der Waals surface area contributed by atoms with Crippen LogP contribution in [-0.2, 0) is 11.3 Å². The smallest absolute Gasteiger partial charge is 0.252 e. The van der Waals surface area contributed by atoms with Gasteiger partial charge in [-0.2, -0.15) is 0 Å². The molecule has 1 aliphatic heterocycles. The molecule has 0 aromatic heterocycles. The fourth-order valence-corrected chi connectivity index (χ4v) is 2.99. The molecule has 2 aromatic carbocycles. The highest BCUT2D eigenvalue weighted by atomic mass is 35.5. The zero-order valence-electron chi connectivity index (χ0n) is 13.3. The number of nitrogens with one attached hydrogen (secondary N) is 1. The number of amides is 1. The van der Waals surface area contributed by atoms with E-state index < -0.39 is 0 Å². The SMILES string of the molecule is C/C=C1/C=CC(=O)N(Cc2c(Cl)cccc2-c2ccccc2)C1=N. The Morgan fingerprint density at radius 2 is 1.83 bits per heavy atom. The fraction of sp³-hybridized carbons (Fsp3) is 0.100. The van der Waals surface area contributed by atoms with E-state index in [0.717, 1.165) is 22.3 Å². The van der Waals surface area contributed by atoms with E-state index in [2.05, 4.69) is 0 Å². The summed E-state index contributed by atoms with van der Waals surface area (Å²) in [5.74, 6) is -0.00605. The van der Waals surface area contributed by atoms with Gasteiger partial charge in [0, 0.05) is 16.7 Å².